The van der Waals surface area contributed by atoms with Crippen molar-refractivity contribution in [1.29, 1.82) is 0 Å². The molecule has 0 spiro atoms. The van der Waals surface area contributed by atoms with Crippen molar-refractivity contribution in [2.45, 2.75) is 26.3 Å². The van der Waals surface area contributed by atoms with Gasteiger partial charge in [-0.05, 0) is 26.8 Å². The molecule has 1 heterocycles. The first-order valence-corrected chi connectivity index (χ1v) is 4.73. The van der Waals surface area contributed by atoms with E-state index in [0.29, 0.717) is 5.69 Å². The van der Waals surface area contributed by atoms with Crippen LogP contribution in [0.15, 0.2) is 18.5 Å². The van der Waals surface area contributed by atoms with E-state index >= 15 is 0 Å². The minimum atomic E-state index is -0.204. The first-order chi connectivity index (χ1) is 6.91. The van der Waals surface area contributed by atoms with Crippen LogP contribution in [0.2, 0.25) is 0 Å². The maximum Gasteiger partial charge on any atom is 0.322 e. The molecule has 82 valence electrons. The topological polar surface area (TPSA) is 58.1 Å². The number of nitrogens with one attached hydrogen (secondary N) is 1. The highest BCUT2D eigenvalue weighted by molar-refractivity contribution is 5.89. The smallest absolute Gasteiger partial charge is 0.322 e. The van der Waals surface area contributed by atoms with Crippen LogP contribution in [0, 0.1) is 0 Å². The lowest BCUT2D eigenvalue weighted by molar-refractivity contribution is 0.178. The van der Waals surface area contributed by atoms with E-state index in [2.05, 4.69) is 15.5 Å². The van der Waals surface area contributed by atoms with Gasteiger partial charge in [0.25, 0.3) is 0 Å². The molecule has 0 atom stereocenters. The summed E-state index contributed by atoms with van der Waals surface area (Å²) >= 11 is 0. The van der Waals surface area contributed by atoms with Gasteiger partial charge in [0.05, 0.1) is 18.1 Å². The average molecular weight is 208 g/mol. The lowest BCUT2D eigenvalue weighted by atomic mass is 10.1. The summed E-state index contributed by atoms with van der Waals surface area (Å²) in [7, 11) is 1.75. The van der Waals surface area contributed by atoms with Crippen LogP contribution < -0.4 is 5.32 Å². The summed E-state index contributed by atoms with van der Waals surface area (Å²) in [6.45, 7) is 5.91. The van der Waals surface area contributed by atoms with Crippen LogP contribution in [0.1, 0.15) is 20.8 Å². The van der Waals surface area contributed by atoms with Gasteiger partial charge in [0.1, 0.15) is 0 Å². The van der Waals surface area contributed by atoms with Crippen LogP contribution in [0.25, 0.3) is 0 Å². The molecule has 0 radical (unpaired) electrons. The van der Waals surface area contributed by atoms with Crippen molar-refractivity contribution in [3.8, 4) is 0 Å². The molecule has 0 unspecified atom stereocenters. The standard InChI is InChI=1S/C10H16N4O/c1-10(2,3)14(4)9(15)13-8-5-6-11-12-7-8/h5-7H,1-4H3,(H,11,13,15). The number of carbonyl (C=O) groups excluding carboxylic acids is 1. The molecule has 15 heavy (non-hydrogen) atoms. The van der Waals surface area contributed by atoms with Gasteiger partial charge in [-0.25, -0.2) is 4.79 Å². The van der Waals surface area contributed by atoms with Crippen molar-refractivity contribution in [3.63, 3.8) is 0 Å². The maximum absolute atomic E-state index is 11.7. The number of amides is 2. The van der Waals surface area contributed by atoms with Crippen molar-refractivity contribution < 1.29 is 4.79 Å². The second-order valence-corrected chi connectivity index (χ2v) is 4.29. The maximum atomic E-state index is 11.7. The summed E-state index contributed by atoms with van der Waals surface area (Å²) in [6.07, 6.45) is 3.04. The molecule has 0 aromatic carbocycles. The van der Waals surface area contributed by atoms with Gasteiger partial charge in [-0.3, -0.25) is 0 Å². The van der Waals surface area contributed by atoms with E-state index in [0.717, 1.165) is 0 Å². The molecule has 1 rings (SSSR count). The number of carbonyl (C=O) groups is 1. The quantitative estimate of drug-likeness (QED) is 0.764. The molecule has 5 heteroatoms. The summed E-state index contributed by atoms with van der Waals surface area (Å²) in [4.78, 5) is 13.4. The van der Waals surface area contributed by atoms with E-state index < -0.39 is 0 Å². The lowest BCUT2D eigenvalue weighted by Gasteiger charge is -2.31. The zero-order chi connectivity index (χ0) is 11.5. The van der Waals surface area contributed by atoms with Gasteiger partial charge in [0.2, 0.25) is 0 Å². The van der Waals surface area contributed by atoms with Crippen LogP contribution in [0.3, 0.4) is 0 Å². The third-order valence-corrected chi connectivity index (χ3v) is 2.15. The number of urea groups is 1. The molecular weight excluding hydrogens is 192 g/mol. The fourth-order valence-corrected chi connectivity index (χ4v) is 0.877. The second kappa shape index (κ2) is 4.25. The summed E-state index contributed by atoms with van der Waals surface area (Å²) in [5, 5.41) is 10.0. The molecule has 2 amide bonds. The Morgan fingerprint density at radius 1 is 1.40 bits per heavy atom. The zero-order valence-corrected chi connectivity index (χ0v) is 9.48. The van der Waals surface area contributed by atoms with E-state index in [4.69, 9.17) is 0 Å². The number of hydrogen-bond acceptors (Lipinski definition) is 3. The van der Waals surface area contributed by atoms with Crippen LogP contribution in [-0.2, 0) is 0 Å². The minimum Gasteiger partial charge on any atom is -0.323 e. The Bertz CT molecular complexity index is 331. The van der Waals surface area contributed by atoms with Crippen molar-refractivity contribution in [2.75, 3.05) is 12.4 Å². The average Bonchev–Trinajstić information content (AvgIpc) is 2.16. The van der Waals surface area contributed by atoms with Gasteiger partial charge in [-0.2, -0.15) is 10.2 Å². The van der Waals surface area contributed by atoms with E-state index in [1.54, 1.807) is 18.0 Å². The summed E-state index contributed by atoms with van der Waals surface area (Å²) < 4.78 is 0. The molecule has 0 bridgehead atoms. The molecule has 1 aromatic heterocycles. The number of aromatic nitrogens is 2. The molecule has 0 aliphatic carbocycles. The number of nitrogens with zero attached hydrogens (tertiary/aromatic N) is 3. The van der Waals surface area contributed by atoms with E-state index in [1.165, 1.54) is 12.4 Å². The highest BCUT2D eigenvalue weighted by atomic mass is 16.2. The highest BCUT2D eigenvalue weighted by Gasteiger charge is 2.22. The predicted molar refractivity (Wildman–Crippen MR) is 58.6 cm³/mol. The molecule has 1 aromatic rings. The third-order valence-electron chi connectivity index (χ3n) is 2.15. The van der Waals surface area contributed by atoms with Gasteiger partial charge in [0.15, 0.2) is 0 Å². The van der Waals surface area contributed by atoms with Crippen LogP contribution >= 0.6 is 0 Å². The SMILES string of the molecule is CN(C(=O)Nc1ccnnc1)C(C)(C)C. The Kier molecular flexibility index (Phi) is 3.24. The Morgan fingerprint density at radius 2 is 2.07 bits per heavy atom. The number of hydrogen-bond donors (Lipinski definition) is 1. The molecular formula is C10H16N4O. The van der Waals surface area contributed by atoms with Crippen LogP contribution in [0.4, 0.5) is 10.5 Å². The molecule has 0 aliphatic heterocycles. The van der Waals surface area contributed by atoms with Gasteiger partial charge in [-0.1, -0.05) is 0 Å². The fraction of sp³-hybridized carbons (Fsp3) is 0.500. The second-order valence-electron chi connectivity index (χ2n) is 4.29. The Labute approximate surface area is 89.5 Å². The molecule has 0 saturated heterocycles. The molecule has 1 N–H and O–H groups in total. The van der Waals surface area contributed by atoms with Crippen molar-refractivity contribution in [1.82, 2.24) is 15.1 Å². The first-order valence-electron chi connectivity index (χ1n) is 4.73. The van der Waals surface area contributed by atoms with E-state index in [-0.39, 0.29) is 11.6 Å². The summed E-state index contributed by atoms with van der Waals surface area (Å²) in [5.41, 5.74) is 0.441. The monoisotopic (exact) mass is 208 g/mol. The Morgan fingerprint density at radius 3 is 2.53 bits per heavy atom. The van der Waals surface area contributed by atoms with E-state index in [9.17, 15) is 4.79 Å². The number of rotatable bonds is 1. The highest BCUT2D eigenvalue weighted by Crippen LogP contribution is 2.12. The van der Waals surface area contributed by atoms with Gasteiger partial charge in [-0.15, -0.1) is 0 Å². The third kappa shape index (κ3) is 3.19. The Hall–Kier alpha value is -1.65. The first kappa shape index (κ1) is 11.4. The number of anilines is 1. The van der Waals surface area contributed by atoms with Crippen LogP contribution in [0.5, 0.6) is 0 Å². The molecule has 5 nitrogen and oxygen atoms in total. The largest absolute Gasteiger partial charge is 0.323 e. The summed E-state index contributed by atoms with van der Waals surface area (Å²) in [5.74, 6) is 0. The summed E-state index contributed by atoms with van der Waals surface area (Å²) in [6, 6.07) is 1.54. The van der Waals surface area contributed by atoms with Crippen molar-refractivity contribution in [3.05, 3.63) is 18.5 Å². The van der Waals surface area contributed by atoms with E-state index in [1.807, 2.05) is 20.8 Å². The Balaban J connectivity index is 2.65. The molecule has 0 aliphatic rings. The van der Waals surface area contributed by atoms with Gasteiger partial charge < -0.3 is 10.2 Å². The molecule has 0 saturated carbocycles. The van der Waals surface area contributed by atoms with Crippen molar-refractivity contribution >= 4 is 11.7 Å². The zero-order valence-electron chi connectivity index (χ0n) is 9.48. The van der Waals surface area contributed by atoms with Gasteiger partial charge >= 0.3 is 6.03 Å². The molecule has 0 fully saturated rings. The fourth-order valence-electron chi connectivity index (χ4n) is 0.877. The van der Waals surface area contributed by atoms with Crippen molar-refractivity contribution in [2.24, 2.45) is 0 Å². The minimum absolute atomic E-state index is 0.157. The van der Waals surface area contributed by atoms with Crippen LogP contribution in [-0.4, -0.2) is 33.7 Å². The lowest BCUT2D eigenvalue weighted by Crippen LogP contribution is -2.44. The van der Waals surface area contributed by atoms with Gasteiger partial charge in [0, 0.05) is 12.6 Å². The normalized spacial score (nSPS) is 10.9. The predicted octanol–water partition coefficient (Wildman–Crippen LogP) is 1.74.